The molecule has 0 aliphatic rings. The van der Waals surface area contributed by atoms with Gasteiger partial charge in [0.25, 0.3) is 10.0 Å². The lowest BCUT2D eigenvalue weighted by Crippen LogP contribution is -2.38. The van der Waals surface area contributed by atoms with Gasteiger partial charge < -0.3 is 0 Å². The molecule has 30 heavy (non-hydrogen) atoms. The second-order valence-electron chi connectivity index (χ2n) is 6.07. The molecule has 0 aliphatic carbocycles. The summed E-state index contributed by atoms with van der Waals surface area (Å²) in [6, 6.07) is 15.0. The molecule has 0 aliphatic heterocycles. The number of nitrogens with zero attached hydrogens (tertiary/aromatic N) is 3. The summed E-state index contributed by atoms with van der Waals surface area (Å²) in [6.45, 7) is 1.69. The number of carbonyl (C=O) groups excluding carboxylic acids is 1. The lowest BCUT2D eigenvalue weighted by atomic mass is 10.3. The van der Waals surface area contributed by atoms with Crippen molar-refractivity contribution in [3.63, 3.8) is 0 Å². The van der Waals surface area contributed by atoms with Crippen LogP contribution in [0.2, 0.25) is 0 Å². The van der Waals surface area contributed by atoms with E-state index in [1.165, 1.54) is 23.5 Å². The number of hydrogen-bond acceptors (Lipinski definition) is 7. The Hall–Kier alpha value is -1.70. The molecule has 1 aromatic heterocycles. The number of hydrogen-bond donors (Lipinski definition) is 1. The fraction of sp³-hybridized carbons (Fsp3) is 0.211. The number of rotatable bonds is 9. The molecule has 0 spiro atoms. The number of sulfonamides is 1. The molecular weight excluding hydrogens is 555 g/mol. The minimum atomic E-state index is -3.93. The van der Waals surface area contributed by atoms with Crippen molar-refractivity contribution in [2.45, 2.75) is 22.6 Å². The number of carbonyl (C=O) groups is 1. The van der Waals surface area contributed by atoms with Crippen LogP contribution in [0.15, 0.2) is 63.8 Å². The first kappa shape index (κ1) is 23.0. The van der Waals surface area contributed by atoms with Crippen molar-refractivity contribution in [2.75, 3.05) is 21.9 Å². The zero-order valence-corrected chi connectivity index (χ0v) is 20.6. The van der Waals surface area contributed by atoms with E-state index in [2.05, 4.69) is 45.0 Å². The zero-order chi connectivity index (χ0) is 21.6. The standard InChI is InChI=1S/C19H19IN4O3S3/c1-2-12-28-19-23-22-18(29-19)21-17(25)13-24(15-10-8-14(20)9-11-15)30(26,27)16-6-4-3-5-7-16/h3-11H,2,12-13H2,1H3,(H,21,22,25). The van der Waals surface area contributed by atoms with Gasteiger partial charge in [0.2, 0.25) is 11.0 Å². The maximum Gasteiger partial charge on any atom is 0.264 e. The molecule has 7 nitrogen and oxygen atoms in total. The number of nitrogens with one attached hydrogen (secondary N) is 1. The second kappa shape index (κ2) is 10.6. The molecule has 1 amide bonds. The molecule has 1 heterocycles. The first-order chi connectivity index (χ1) is 14.4. The van der Waals surface area contributed by atoms with Crippen molar-refractivity contribution in [3.8, 4) is 0 Å². The lowest BCUT2D eigenvalue weighted by molar-refractivity contribution is -0.114. The molecule has 0 bridgehead atoms. The van der Waals surface area contributed by atoms with Crippen LogP contribution in [-0.4, -0.2) is 36.8 Å². The maximum absolute atomic E-state index is 13.2. The van der Waals surface area contributed by atoms with Gasteiger partial charge in [-0.15, -0.1) is 10.2 Å². The Labute approximate surface area is 197 Å². The Morgan fingerprint density at radius 1 is 1.13 bits per heavy atom. The van der Waals surface area contributed by atoms with Crippen LogP contribution in [0.1, 0.15) is 13.3 Å². The Bertz CT molecular complexity index is 1090. The predicted molar refractivity (Wildman–Crippen MR) is 130 cm³/mol. The minimum absolute atomic E-state index is 0.116. The largest absolute Gasteiger partial charge is 0.299 e. The number of anilines is 2. The van der Waals surface area contributed by atoms with Gasteiger partial charge in [-0.25, -0.2) is 8.42 Å². The molecule has 0 radical (unpaired) electrons. The molecule has 3 rings (SSSR count). The van der Waals surface area contributed by atoms with E-state index in [1.807, 2.05) is 0 Å². The van der Waals surface area contributed by atoms with Gasteiger partial charge in [-0.05, 0) is 65.4 Å². The summed E-state index contributed by atoms with van der Waals surface area (Å²) in [5.74, 6) is 0.426. The summed E-state index contributed by atoms with van der Waals surface area (Å²) >= 11 is 4.98. The fourth-order valence-electron chi connectivity index (χ4n) is 2.44. The van der Waals surface area contributed by atoms with Crippen molar-refractivity contribution in [2.24, 2.45) is 0 Å². The van der Waals surface area contributed by atoms with Crippen molar-refractivity contribution >= 4 is 72.4 Å². The van der Waals surface area contributed by atoms with Crippen LogP contribution < -0.4 is 9.62 Å². The predicted octanol–water partition coefficient (Wildman–Crippen LogP) is 4.48. The first-order valence-corrected chi connectivity index (χ1v) is 13.3. The van der Waals surface area contributed by atoms with E-state index in [1.54, 1.807) is 54.2 Å². The van der Waals surface area contributed by atoms with Crippen LogP contribution in [0.25, 0.3) is 0 Å². The summed E-state index contributed by atoms with van der Waals surface area (Å²) in [5.41, 5.74) is 0.408. The van der Waals surface area contributed by atoms with E-state index in [4.69, 9.17) is 0 Å². The summed E-state index contributed by atoms with van der Waals surface area (Å²) in [5, 5.41) is 11.0. The summed E-state index contributed by atoms with van der Waals surface area (Å²) in [6.07, 6.45) is 1.01. The highest BCUT2D eigenvalue weighted by Gasteiger charge is 2.27. The quantitative estimate of drug-likeness (QED) is 0.230. The van der Waals surface area contributed by atoms with Crippen molar-refractivity contribution < 1.29 is 13.2 Å². The molecular formula is C19H19IN4O3S3. The topological polar surface area (TPSA) is 92.3 Å². The molecule has 2 aromatic carbocycles. The van der Waals surface area contributed by atoms with Crippen LogP contribution in [-0.2, 0) is 14.8 Å². The molecule has 0 saturated carbocycles. The van der Waals surface area contributed by atoms with E-state index in [9.17, 15) is 13.2 Å². The van der Waals surface area contributed by atoms with Crippen LogP contribution in [0, 0.1) is 3.57 Å². The number of halogens is 1. The highest BCUT2D eigenvalue weighted by molar-refractivity contribution is 14.1. The Balaban J connectivity index is 1.83. The van der Waals surface area contributed by atoms with Gasteiger partial charge in [0.15, 0.2) is 4.34 Å². The lowest BCUT2D eigenvalue weighted by Gasteiger charge is -2.24. The first-order valence-electron chi connectivity index (χ1n) is 8.99. The van der Waals surface area contributed by atoms with Gasteiger partial charge in [-0.1, -0.05) is 48.2 Å². The molecule has 0 fully saturated rings. The van der Waals surface area contributed by atoms with Crippen molar-refractivity contribution in [3.05, 3.63) is 58.2 Å². The average molecular weight is 574 g/mol. The molecule has 1 N–H and O–H groups in total. The van der Waals surface area contributed by atoms with E-state index in [0.717, 1.165) is 24.4 Å². The summed E-state index contributed by atoms with van der Waals surface area (Å²) in [7, 11) is -3.93. The molecule has 0 saturated heterocycles. The van der Waals surface area contributed by atoms with Crippen LogP contribution in [0.5, 0.6) is 0 Å². The Morgan fingerprint density at radius 3 is 2.50 bits per heavy atom. The Morgan fingerprint density at radius 2 is 1.83 bits per heavy atom. The van der Waals surface area contributed by atoms with Crippen LogP contribution in [0.4, 0.5) is 10.8 Å². The highest BCUT2D eigenvalue weighted by Crippen LogP contribution is 2.27. The normalized spacial score (nSPS) is 11.3. The molecule has 158 valence electrons. The smallest absolute Gasteiger partial charge is 0.264 e. The van der Waals surface area contributed by atoms with E-state index >= 15 is 0 Å². The van der Waals surface area contributed by atoms with Gasteiger partial charge in [0.1, 0.15) is 6.54 Å². The summed E-state index contributed by atoms with van der Waals surface area (Å²) in [4.78, 5) is 12.8. The van der Waals surface area contributed by atoms with Gasteiger partial charge in [-0.2, -0.15) is 0 Å². The van der Waals surface area contributed by atoms with Crippen molar-refractivity contribution in [1.29, 1.82) is 0 Å². The molecule has 11 heteroatoms. The molecule has 3 aromatic rings. The molecule has 0 unspecified atom stereocenters. The Kier molecular flexibility index (Phi) is 8.08. The maximum atomic E-state index is 13.2. The minimum Gasteiger partial charge on any atom is -0.299 e. The number of benzene rings is 2. The number of amides is 1. The third kappa shape index (κ3) is 5.93. The summed E-state index contributed by atoms with van der Waals surface area (Å²) < 4.78 is 29.3. The van der Waals surface area contributed by atoms with Crippen LogP contribution in [0.3, 0.4) is 0 Å². The third-order valence-corrected chi connectivity index (χ3v) is 8.50. The molecule has 0 atom stereocenters. The number of thioether (sulfide) groups is 1. The second-order valence-corrected chi connectivity index (χ2v) is 11.5. The van der Waals surface area contributed by atoms with Crippen molar-refractivity contribution in [1.82, 2.24) is 10.2 Å². The highest BCUT2D eigenvalue weighted by atomic mass is 127. The fourth-order valence-corrected chi connectivity index (χ4v) is 5.93. The SMILES string of the molecule is CCCSc1nnc(NC(=O)CN(c2ccc(I)cc2)S(=O)(=O)c2ccccc2)s1. The van der Waals surface area contributed by atoms with E-state index < -0.39 is 15.9 Å². The van der Waals surface area contributed by atoms with E-state index in [-0.39, 0.29) is 11.4 Å². The van der Waals surface area contributed by atoms with Gasteiger partial charge in [-0.3, -0.25) is 14.4 Å². The van der Waals surface area contributed by atoms with E-state index in [0.29, 0.717) is 10.8 Å². The van der Waals surface area contributed by atoms with Gasteiger partial charge in [0.05, 0.1) is 10.6 Å². The third-order valence-electron chi connectivity index (χ3n) is 3.82. The van der Waals surface area contributed by atoms with Gasteiger partial charge >= 0.3 is 0 Å². The van der Waals surface area contributed by atoms with Gasteiger partial charge in [0, 0.05) is 9.32 Å². The average Bonchev–Trinajstić information content (AvgIpc) is 3.19. The number of aromatic nitrogens is 2. The zero-order valence-electron chi connectivity index (χ0n) is 16.0. The monoisotopic (exact) mass is 574 g/mol. The van der Waals surface area contributed by atoms with Crippen LogP contribution >= 0.6 is 45.7 Å².